The topological polar surface area (TPSA) is 82.4 Å². The first-order valence-electron chi connectivity index (χ1n) is 9.72. The SMILES string of the molecule is CN1CCC2(c3cccc(O)c3)Cc3[nH]c4cc([N+](=O)[O-])ccc4c3CC2C1. The van der Waals surface area contributed by atoms with Crippen LogP contribution < -0.4 is 0 Å². The first-order valence-corrected chi connectivity index (χ1v) is 9.72. The van der Waals surface area contributed by atoms with Crippen molar-refractivity contribution in [3.8, 4) is 5.75 Å². The molecule has 1 aliphatic heterocycles. The van der Waals surface area contributed by atoms with E-state index in [1.807, 2.05) is 18.2 Å². The van der Waals surface area contributed by atoms with E-state index < -0.39 is 0 Å². The second-order valence-corrected chi connectivity index (χ2v) is 8.37. The lowest BCUT2D eigenvalue weighted by atomic mass is 9.59. The summed E-state index contributed by atoms with van der Waals surface area (Å²) in [6.07, 6.45) is 2.84. The van der Waals surface area contributed by atoms with Gasteiger partial charge in [-0.25, -0.2) is 0 Å². The lowest BCUT2D eigenvalue weighted by Gasteiger charge is -2.50. The van der Waals surface area contributed by atoms with E-state index in [9.17, 15) is 15.2 Å². The molecule has 28 heavy (non-hydrogen) atoms. The van der Waals surface area contributed by atoms with Gasteiger partial charge in [0.1, 0.15) is 5.75 Å². The summed E-state index contributed by atoms with van der Waals surface area (Å²) in [6.45, 7) is 2.03. The normalized spacial score (nSPS) is 24.7. The number of hydrogen-bond donors (Lipinski definition) is 2. The zero-order chi connectivity index (χ0) is 19.5. The maximum atomic E-state index is 11.2. The van der Waals surface area contributed by atoms with Gasteiger partial charge in [0.25, 0.3) is 5.69 Å². The van der Waals surface area contributed by atoms with Crippen molar-refractivity contribution >= 4 is 16.6 Å². The molecule has 0 radical (unpaired) electrons. The second kappa shape index (κ2) is 6.07. The molecule has 2 aromatic carbocycles. The van der Waals surface area contributed by atoms with Crippen LogP contribution in [0.5, 0.6) is 5.75 Å². The largest absolute Gasteiger partial charge is 0.508 e. The van der Waals surface area contributed by atoms with E-state index in [2.05, 4.69) is 23.0 Å². The van der Waals surface area contributed by atoms with E-state index in [0.29, 0.717) is 11.7 Å². The average Bonchev–Trinajstić information content (AvgIpc) is 3.02. The third-order valence-electron chi connectivity index (χ3n) is 6.81. The van der Waals surface area contributed by atoms with E-state index in [4.69, 9.17) is 0 Å². The number of aromatic nitrogens is 1. The highest BCUT2D eigenvalue weighted by molar-refractivity contribution is 5.87. The minimum absolute atomic E-state index is 0.0228. The van der Waals surface area contributed by atoms with Crippen molar-refractivity contribution in [3.63, 3.8) is 0 Å². The number of nitro benzene ring substituents is 1. The van der Waals surface area contributed by atoms with Gasteiger partial charge in [0, 0.05) is 35.2 Å². The van der Waals surface area contributed by atoms with Crippen LogP contribution in [0.25, 0.3) is 10.9 Å². The third-order valence-corrected chi connectivity index (χ3v) is 6.81. The highest BCUT2D eigenvalue weighted by Gasteiger charge is 2.47. The van der Waals surface area contributed by atoms with Crippen molar-refractivity contribution in [1.29, 1.82) is 0 Å². The number of nitrogens with one attached hydrogen (secondary N) is 1. The number of aromatic hydroxyl groups is 1. The molecule has 1 aromatic heterocycles. The molecule has 1 fully saturated rings. The van der Waals surface area contributed by atoms with Crippen LogP contribution in [-0.4, -0.2) is 40.1 Å². The third kappa shape index (κ3) is 2.52. The monoisotopic (exact) mass is 377 g/mol. The summed E-state index contributed by atoms with van der Waals surface area (Å²) in [5, 5.41) is 22.3. The van der Waals surface area contributed by atoms with Gasteiger partial charge >= 0.3 is 0 Å². The molecule has 6 heteroatoms. The average molecular weight is 377 g/mol. The molecular formula is C22H23N3O3. The second-order valence-electron chi connectivity index (χ2n) is 8.37. The number of non-ortho nitro benzene ring substituents is 1. The summed E-state index contributed by atoms with van der Waals surface area (Å²) in [7, 11) is 2.17. The van der Waals surface area contributed by atoms with Gasteiger partial charge in [0.2, 0.25) is 0 Å². The van der Waals surface area contributed by atoms with Crippen LogP contribution in [0.1, 0.15) is 23.2 Å². The van der Waals surface area contributed by atoms with Crippen molar-refractivity contribution in [2.45, 2.75) is 24.7 Å². The fourth-order valence-corrected chi connectivity index (χ4v) is 5.39. The fourth-order valence-electron chi connectivity index (χ4n) is 5.39. The predicted molar refractivity (Wildman–Crippen MR) is 108 cm³/mol. The Morgan fingerprint density at radius 2 is 2.14 bits per heavy atom. The number of phenols is 1. The predicted octanol–water partition coefficient (Wildman–Crippen LogP) is 3.77. The van der Waals surface area contributed by atoms with Gasteiger partial charge < -0.3 is 15.0 Å². The lowest BCUT2D eigenvalue weighted by Crippen LogP contribution is -2.52. The molecule has 0 bridgehead atoms. The molecule has 2 N–H and O–H groups in total. The Kier molecular flexibility index (Phi) is 3.74. The molecule has 0 amide bonds. The number of aromatic amines is 1. The Morgan fingerprint density at radius 1 is 1.29 bits per heavy atom. The summed E-state index contributed by atoms with van der Waals surface area (Å²) in [5.74, 6) is 0.748. The first-order chi connectivity index (χ1) is 13.5. The molecule has 3 aromatic rings. The van der Waals surface area contributed by atoms with Crippen LogP contribution in [0.2, 0.25) is 0 Å². The summed E-state index contributed by atoms with van der Waals surface area (Å²) < 4.78 is 0. The van der Waals surface area contributed by atoms with E-state index in [1.54, 1.807) is 18.2 Å². The minimum atomic E-state index is -0.345. The number of H-pyrrole nitrogens is 1. The minimum Gasteiger partial charge on any atom is -0.508 e. The molecule has 0 saturated carbocycles. The number of hydrogen-bond acceptors (Lipinski definition) is 4. The van der Waals surface area contributed by atoms with Crippen molar-refractivity contribution in [1.82, 2.24) is 9.88 Å². The van der Waals surface area contributed by atoms with Crippen LogP contribution in [0.15, 0.2) is 42.5 Å². The number of fused-ring (bicyclic) bond motifs is 4. The van der Waals surface area contributed by atoms with E-state index >= 15 is 0 Å². The highest BCUT2D eigenvalue weighted by Crippen LogP contribution is 2.49. The van der Waals surface area contributed by atoms with E-state index in [1.165, 1.54) is 16.8 Å². The van der Waals surface area contributed by atoms with Gasteiger partial charge in [-0.15, -0.1) is 0 Å². The molecule has 5 rings (SSSR count). The van der Waals surface area contributed by atoms with Crippen LogP contribution in [0, 0.1) is 16.0 Å². The van der Waals surface area contributed by atoms with Gasteiger partial charge in [-0.1, -0.05) is 12.1 Å². The Balaban J connectivity index is 1.66. The number of phenolic OH excluding ortho intramolecular Hbond substituents is 1. The van der Waals surface area contributed by atoms with E-state index in [0.717, 1.165) is 43.3 Å². The summed E-state index contributed by atoms with van der Waals surface area (Å²) >= 11 is 0. The molecule has 2 atom stereocenters. The van der Waals surface area contributed by atoms with Crippen LogP contribution >= 0.6 is 0 Å². The maximum Gasteiger partial charge on any atom is 0.271 e. The van der Waals surface area contributed by atoms with Crippen molar-refractivity contribution in [3.05, 3.63) is 69.4 Å². The van der Waals surface area contributed by atoms with Gasteiger partial charge in [0.15, 0.2) is 0 Å². The quantitative estimate of drug-likeness (QED) is 0.526. The highest BCUT2D eigenvalue weighted by atomic mass is 16.6. The standard InChI is InChI=1S/C22H23N3O3/c1-24-8-7-22(14-3-2-4-17(26)9-14)12-21-19(10-15(22)13-24)18-6-5-16(25(27)28)11-20(18)23-21/h2-6,9,11,15,23,26H,7-8,10,12-13H2,1H3. The molecular weight excluding hydrogens is 354 g/mol. The number of nitrogens with zero attached hydrogens (tertiary/aromatic N) is 2. The Morgan fingerprint density at radius 3 is 2.93 bits per heavy atom. The summed E-state index contributed by atoms with van der Waals surface area (Å²) in [6, 6.07) is 12.8. The van der Waals surface area contributed by atoms with Gasteiger partial charge in [0.05, 0.1) is 10.4 Å². The number of likely N-dealkylation sites (tertiary alicyclic amines) is 1. The zero-order valence-electron chi connectivity index (χ0n) is 15.8. The van der Waals surface area contributed by atoms with Gasteiger partial charge in [-0.05, 0) is 68.1 Å². The number of benzene rings is 2. The summed E-state index contributed by atoms with van der Waals surface area (Å²) in [4.78, 5) is 16.7. The summed E-state index contributed by atoms with van der Waals surface area (Å²) in [5.41, 5.74) is 4.61. The van der Waals surface area contributed by atoms with Gasteiger partial charge in [-0.2, -0.15) is 0 Å². The number of piperidine rings is 1. The van der Waals surface area contributed by atoms with E-state index in [-0.39, 0.29) is 16.0 Å². The molecule has 2 aliphatic rings. The zero-order valence-corrected chi connectivity index (χ0v) is 15.8. The Bertz CT molecular complexity index is 1090. The van der Waals surface area contributed by atoms with Crippen molar-refractivity contribution < 1.29 is 10.0 Å². The molecule has 144 valence electrons. The maximum absolute atomic E-state index is 11.2. The van der Waals surface area contributed by atoms with Crippen LogP contribution in [0.3, 0.4) is 0 Å². The van der Waals surface area contributed by atoms with Crippen LogP contribution in [-0.2, 0) is 18.3 Å². The fraction of sp³-hybridized carbons (Fsp3) is 0.364. The number of nitro groups is 1. The number of rotatable bonds is 2. The molecule has 1 aliphatic carbocycles. The molecule has 6 nitrogen and oxygen atoms in total. The molecule has 2 heterocycles. The van der Waals surface area contributed by atoms with Crippen LogP contribution in [0.4, 0.5) is 5.69 Å². The van der Waals surface area contributed by atoms with Crippen molar-refractivity contribution in [2.24, 2.45) is 5.92 Å². The van der Waals surface area contributed by atoms with Gasteiger partial charge in [-0.3, -0.25) is 10.1 Å². The smallest absolute Gasteiger partial charge is 0.271 e. The molecule has 1 saturated heterocycles. The Hall–Kier alpha value is -2.86. The lowest BCUT2D eigenvalue weighted by molar-refractivity contribution is -0.384. The van der Waals surface area contributed by atoms with Crippen molar-refractivity contribution in [2.75, 3.05) is 20.1 Å². The molecule has 0 spiro atoms. The first kappa shape index (κ1) is 17.3. The molecule has 2 unspecified atom stereocenters. The Labute approximate surface area is 162 Å².